The number of para-hydroxylation sites is 1. The maximum atomic E-state index is 14.2. The number of hydrogen-bond acceptors (Lipinski definition) is 3. The van der Waals surface area contributed by atoms with Gasteiger partial charge in [0.25, 0.3) is 0 Å². The van der Waals surface area contributed by atoms with Crippen LogP contribution in [0.3, 0.4) is 0 Å². The molecule has 0 saturated carbocycles. The molecule has 1 unspecified atom stereocenters. The molecule has 3 nitrogen and oxygen atoms in total. The summed E-state index contributed by atoms with van der Waals surface area (Å²) < 4.78 is 14.2. The van der Waals surface area contributed by atoms with Gasteiger partial charge in [0.15, 0.2) is 0 Å². The number of nitrogens with one attached hydrogen (secondary N) is 1. The molecule has 116 valence electrons. The lowest BCUT2D eigenvalue weighted by atomic mass is 10.1. The highest BCUT2D eigenvalue weighted by atomic mass is 32.1. The summed E-state index contributed by atoms with van der Waals surface area (Å²) in [6, 6.07) is 8.81. The Morgan fingerprint density at radius 3 is 2.73 bits per heavy atom. The Bertz CT molecular complexity index is 651. The highest BCUT2D eigenvalue weighted by molar-refractivity contribution is 7.10. The van der Waals surface area contributed by atoms with Crippen LogP contribution < -0.4 is 10.2 Å². The van der Waals surface area contributed by atoms with Crippen LogP contribution in [-0.4, -0.2) is 19.0 Å². The summed E-state index contributed by atoms with van der Waals surface area (Å²) in [7, 11) is 0. The van der Waals surface area contributed by atoms with Crippen LogP contribution in [0.2, 0.25) is 0 Å². The molecule has 1 saturated heterocycles. The maximum absolute atomic E-state index is 14.2. The smallest absolute Gasteiger partial charge is 0.232 e. The zero-order valence-electron chi connectivity index (χ0n) is 12.5. The molecule has 0 aliphatic carbocycles. The summed E-state index contributed by atoms with van der Waals surface area (Å²) in [5.41, 5.74) is 1.09. The molecular weight excluding hydrogens is 299 g/mol. The molecule has 2 aromatic rings. The average Bonchev–Trinajstić information content (AvgIpc) is 3.21. The van der Waals surface area contributed by atoms with Gasteiger partial charge in [0.1, 0.15) is 11.5 Å². The van der Waals surface area contributed by atoms with Crippen molar-refractivity contribution in [2.75, 3.05) is 23.3 Å². The topological polar surface area (TPSA) is 32.3 Å². The van der Waals surface area contributed by atoms with Gasteiger partial charge in [-0.3, -0.25) is 4.79 Å². The number of thiophene rings is 1. The van der Waals surface area contributed by atoms with Gasteiger partial charge in [0.2, 0.25) is 5.91 Å². The van der Waals surface area contributed by atoms with Gasteiger partial charge in [-0.25, -0.2) is 4.39 Å². The van der Waals surface area contributed by atoms with Crippen LogP contribution in [0.4, 0.5) is 15.8 Å². The molecule has 1 atom stereocenters. The van der Waals surface area contributed by atoms with Gasteiger partial charge in [-0.1, -0.05) is 12.1 Å². The van der Waals surface area contributed by atoms with Crippen molar-refractivity contribution in [3.05, 3.63) is 46.4 Å². The van der Waals surface area contributed by atoms with Crippen molar-refractivity contribution < 1.29 is 9.18 Å². The van der Waals surface area contributed by atoms with E-state index >= 15 is 0 Å². The van der Waals surface area contributed by atoms with Crippen LogP contribution in [0.1, 0.15) is 30.6 Å². The minimum atomic E-state index is -0.379. The van der Waals surface area contributed by atoms with Crippen LogP contribution in [0.15, 0.2) is 35.7 Å². The van der Waals surface area contributed by atoms with Gasteiger partial charge in [-0.05, 0) is 43.3 Å². The first kappa shape index (κ1) is 15.0. The number of benzene rings is 1. The highest BCUT2D eigenvalue weighted by Gasteiger charge is 2.22. The molecule has 1 N–H and O–H groups in total. The average molecular weight is 318 g/mol. The highest BCUT2D eigenvalue weighted by Crippen LogP contribution is 2.32. The molecule has 3 rings (SSSR count). The molecular formula is C17H19FN2OS. The Morgan fingerprint density at radius 2 is 2.05 bits per heavy atom. The van der Waals surface area contributed by atoms with Crippen molar-refractivity contribution >= 4 is 28.6 Å². The summed E-state index contributed by atoms with van der Waals surface area (Å²) in [5, 5.41) is 4.74. The minimum absolute atomic E-state index is 0.173. The first-order valence-corrected chi connectivity index (χ1v) is 8.42. The predicted molar refractivity (Wildman–Crippen MR) is 89.2 cm³/mol. The minimum Gasteiger partial charge on any atom is -0.370 e. The molecule has 0 spiro atoms. The number of anilines is 2. The Kier molecular flexibility index (Phi) is 4.43. The fourth-order valence-corrected chi connectivity index (χ4v) is 3.54. The van der Waals surface area contributed by atoms with Crippen LogP contribution in [-0.2, 0) is 4.79 Å². The third kappa shape index (κ3) is 2.99. The van der Waals surface area contributed by atoms with Crippen LogP contribution >= 0.6 is 11.3 Å². The zero-order chi connectivity index (χ0) is 15.5. The van der Waals surface area contributed by atoms with Crippen LogP contribution in [0.25, 0.3) is 0 Å². The van der Waals surface area contributed by atoms with E-state index in [0.717, 1.165) is 36.5 Å². The van der Waals surface area contributed by atoms with Crippen molar-refractivity contribution in [3.8, 4) is 0 Å². The summed E-state index contributed by atoms with van der Waals surface area (Å²) >= 11 is 1.54. The Hall–Kier alpha value is -1.88. The Morgan fingerprint density at radius 1 is 1.27 bits per heavy atom. The number of carbonyl (C=O) groups is 1. The number of carbonyl (C=O) groups excluding carboxylic acids is 1. The molecule has 1 fully saturated rings. The third-order valence-corrected chi connectivity index (χ3v) is 5.10. The van der Waals surface area contributed by atoms with Crippen LogP contribution in [0, 0.1) is 5.82 Å². The first-order valence-electron chi connectivity index (χ1n) is 7.54. The SMILES string of the molecule is CC(C(=O)Nc1c(F)cccc1N1CCCC1)c1cccs1. The van der Waals surface area contributed by atoms with Crippen molar-refractivity contribution in [2.24, 2.45) is 0 Å². The fraction of sp³-hybridized carbons (Fsp3) is 0.353. The van der Waals surface area contributed by atoms with Gasteiger partial charge in [-0.2, -0.15) is 0 Å². The second-order valence-electron chi connectivity index (χ2n) is 5.55. The lowest BCUT2D eigenvalue weighted by molar-refractivity contribution is -0.117. The molecule has 5 heteroatoms. The van der Waals surface area contributed by atoms with Crippen molar-refractivity contribution in [3.63, 3.8) is 0 Å². The Labute approximate surface area is 133 Å². The normalized spacial score (nSPS) is 15.8. The summed E-state index contributed by atoms with van der Waals surface area (Å²) in [5.74, 6) is -0.838. The summed E-state index contributed by atoms with van der Waals surface area (Å²) in [4.78, 5) is 15.6. The number of hydrogen-bond donors (Lipinski definition) is 1. The molecule has 1 aliphatic rings. The molecule has 0 radical (unpaired) electrons. The van der Waals surface area contributed by atoms with E-state index in [2.05, 4.69) is 10.2 Å². The number of nitrogens with zero attached hydrogens (tertiary/aromatic N) is 1. The molecule has 0 bridgehead atoms. The van der Waals surface area contributed by atoms with Crippen molar-refractivity contribution in [2.45, 2.75) is 25.7 Å². The second kappa shape index (κ2) is 6.48. The van der Waals surface area contributed by atoms with Crippen LogP contribution in [0.5, 0.6) is 0 Å². The van der Waals surface area contributed by atoms with Gasteiger partial charge in [0, 0.05) is 18.0 Å². The maximum Gasteiger partial charge on any atom is 0.232 e. The van der Waals surface area contributed by atoms with Gasteiger partial charge in [-0.15, -0.1) is 11.3 Å². The fourth-order valence-electron chi connectivity index (χ4n) is 2.76. The predicted octanol–water partition coefficient (Wildman–Crippen LogP) is 4.23. The molecule has 22 heavy (non-hydrogen) atoms. The number of halogens is 1. The molecule has 1 aromatic heterocycles. The molecule has 2 heterocycles. The van der Waals surface area contributed by atoms with E-state index in [1.54, 1.807) is 6.07 Å². The van der Waals surface area contributed by atoms with E-state index < -0.39 is 0 Å². The molecule has 1 amide bonds. The largest absolute Gasteiger partial charge is 0.370 e. The van der Waals surface area contributed by atoms with E-state index in [4.69, 9.17) is 0 Å². The monoisotopic (exact) mass is 318 g/mol. The van der Waals surface area contributed by atoms with E-state index in [1.807, 2.05) is 30.5 Å². The first-order chi connectivity index (χ1) is 10.7. The zero-order valence-corrected chi connectivity index (χ0v) is 13.3. The second-order valence-corrected chi connectivity index (χ2v) is 6.53. The lowest BCUT2D eigenvalue weighted by Crippen LogP contribution is -2.24. The number of rotatable bonds is 4. The van der Waals surface area contributed by atoms with E-state index in [0.29, 0.717) is 5.69 Å². The van der Waals surface area contributed by atoms with Crippen molar-refractivity contribution in [1.82, 2.24) is 0 Å². The summed E-state index contributed by atoms with van der Waals surface area (Å²) in [6.45, 7) is 3.66. The van der Waals surface area contributed by atoms with E-state index in [1.165, 1.54) is 17.4 Å². The van der Waals surface area contributed by atoms with Gasteiger partial charge < -0.3 is 10.2 Å². The quantitative estimate of drug-likeness (QED) is 0.915. The van der Waals surface area contributed by atoms with Gasteiger partial charge >= 0.3 is 0 Å². The Balaban J connectivity index is 1.83. The summed E-state index contributed by atoms with van der Waals surface area (Å²) in [6.07, 6.45) is 2.21. The third-order valence-electron chi connectivity index (χ3n) is 4.05. The van der Waals surface area contributed by atoms with E-state index in [9.17, 15) is 9.18 Å². The molecule has 1 aliphatic heterocycles. The van der Waals surface area contributed by atoms with Crippen molar-refractivity contribution in [1.29, 1.82) is 0 Å². The lowest BCUT2D eigenvalue weighted by Gasteiger charge is -2.22. The number of amides is 1. The van der Waals surface area contributed by atoms with E-state index in [-0.39, 0.29) is 17.6 Å². The standard InChI is InChI=1S/C17H19FN2OS/c1-12(15-8-5-11-22-15)17(21)19-16-13(18)6-4-7-14(16)20-9-2-3-10-20/h4-8,11-12H,2-3,9-10H2,1H3,(H,19,21). The molecule has 1 aromatic carbocycles. The van der Waals surface area contributed by atoms with Gasteiger partial charge in [0.05, 0.1) is 11.6 Å².